The van der Waals surface area contributed by atoms with Gasteiger partial charge in [-0.25, -0.2) is 4.98 Å². The molecule has 16 heavy (non-hydrogen) atoms. The van der Waals surface area contributed by atoms with E-state index in [1.54, 1.807) is 11.3 Å². The molecule has 1 N–H and O–H groups in total. The van der Waals surface area contributed by atoms with E-state index in [1.807, 2.05) is 0 Å². The third-order valence-corrected chi connectivity index (χ3v) is 4.49. The maximum atomic E-state index is 4.59. The summed E-state index contributed by atoms with van der Waals surface area (Å²) in [5.41, 5.74) is 1.30. The Kier molecular flexibility index (Phi) is 4.36. The largest absolute Gasteiger partial charge is 0.317 e. The second-order valence-electron chi connectivity index (χ2n) is 4.86. The molecule has 1 heterocycles. The van der Waals surface area contributed by atoms with Crippen molar-refractivity contribution in [1.29, 1.82) is 0 Å². The standard InChI is InChI=1S/C13H22N2S/c1-10-15-12(9-16-10)8-11-6-4-3-5-7-13(11)14-2/h9,11,13-14H,3-8H2,1-2H3. The highest BCUT2D eigenvalue weighted by Gasteiger charge is 2.23. The lowest BCUT2D eigenvalue weighted by Crippen LogP contribution is -2.33. The zero-order valence-electron chi connectivity index (χ0n) is 10.3. The number of aromatic nitrogens is 1. The van der Waals surface area contributed by atoms with Gasteiger partial charge in [-0.15, -0.1) is 11.3 Å². The van der Waals surface area contributed by atoms with E-state index in [9.17, 15) is 0 Å². The molecular weight excluding hydrogens is 216 g/mol. The number of hydrogen-bond donors (Lipinski definition) is 1. The van der Waals surface area contributed by atoms with Gasteiger partial charge in [0.15, 0.2) is 0 Å². The van der Waals surface area contributed by atoms with Crippen molar-refractivity contribution < 1.29 is 0 Å². The van der Waals surface area contributed by atoms with Crippen LogP contribution in [0, 0.1) is 12.8 Å². The van der Waals surface area contributed by atoms with Crippen molar-refractivity contribution in [1.82, 2.24) is 10.3 Å². The molecule has 3 heteroatoms. The Balaban J connectivity index is 1.99. The van der Waals surface area contributed by atoms with Crippen molar-refractivity contribution >= 4 is 11.3 Å². The number of nitrogens with one attached hydrogen (secondary N) is 1. The number of aryl methyl sites for hydroxylation is 1. The highest BCUT2D eigenvalue weighted by atomic mass is 32.1. The SMILES string of the molecule is CNC1CCCCCC1Cc1csc(C)n1. The van der Waals surface area contributed by atoms with Crippen LogP contribution in [-0.2, 0) is 6.42 Å². The average molecular weight is 238 g/mol. The third kappa shape index (κ3) is 3.05. The Morgan fingerprint density at radius 3 is 2.88 bits per heavy atom. The fraction of sp³-hybridized carbons (Fsp3) is 0.769. The van der Waals surface area contributed by atoms with Gasteiger partial charge < -0.3 is 5.32 Å². The third-order valence-electron chi connectivity index (χ3n) is 3.67. The maximum absolute atomic E-state index is 4.59. The van der Waals surface area contributed by atoms with Gasteiger partial charge in [-0.2, -0.15) is 0 Å². The first-order chi connectivity index (χ1) is 7.79. The predicted octanol–water partition coefficient (Wildman–Crippen LogP) is 3.16. The Morgan fingerprint density at radius 2 is 2.19 bits per heavy atom. The molecule has 2 rings (SSSR count). The van der Waals surface area contributed by atoms with E-state index in [1.165, 1.54) is 42.8 Å². The lowest BCUT2D eigenvalue weighted by molar-refractivity contribution is 0.348. The summed E-state index contributed by atoms with van der Waals surface area (Å²) in [4.78, 5) is 4.59. The molecule has 1 aromatic heterocycles. The number of rotatable bonds is 3. The topological polar surface area (TPSA) is 24.9 Å². The second kappa shape index (κ2) is 5.78. The maximum Gasteiger partial charge on any atom is 0.0897 e. The van der Waals surface area contributed by atoms with Crippen molar-refractivity contribution in [3.63, 3.8) is 0 Å². The van der Waals surface area contributed by atoms with Crippen LogP contribution < -0.4 is 5.32 Å². The number of thiazole rings is 1. The van der Waals surface area contributed by atoms with Crippen LogP contribution >= 0.6 is 11.3 Å². The summed E-state index contributed by atoms with van der Waals surface area (Å²) in [6, 6.07) is 0.699. The minimum absolute atomic E-state index is 0.699. The first kappa shape index (κ1) is 12.1. The minimum Gasteiger partial charge on any atom is -0.317 e. The van der Waals surface area contributed by atoms with Crippen LogP contribution in [0.3, 0.4) is 0 Å². The van der Waals surface area contributed by atoms with Crippen LogP contribution in [0.2, 0.25) is 0 Å². The molecule has 1 fully saturated rings. The summed E-state index contributed by atoms with van der Waals surface area (Å²) in [6.45, 7) is 2.09. The van der Waals surface area contributed by atoms with E-state index in [-0.39, 0.29) is 0 Å². The van der Waals surface area contributed by atoms with Crippen LogP contribution in [0.25, 0.3) is 0 Å². The minimum atomic E-state index is 0.699. The van der Waals surface area contributed by atoms with Gasteiger partial charge in [0.25, 0.3) is 0 Å². The van der Waals surface area contributed by atoms with Crippen molar-refractivity contribution in [2.45, 2.75) is 51.5 Å². The molecule has 2 atom stereocenters. The fourth-order valence-corrected chi connectivity index (χ4v) is 3.40. The van der Waals surface area contributed by atoms with Crippen LogP contribution in [0.5, 0.6) is 0 Å². The van der Waals surface area contributed by atoms with E-state index in [2.05, 4.69) is 29.7 Å². The van der Waals surface area contributed by atoms with Crippen LogP contribution in [0.15, 0.2) is 5.38 Å². The van der Waals surface area contributed by atoms with Crippen LogP contribution in [0.4, 0.5) is 0 Å². The molecule has 1 aliphatic carbocycles. The van der Waals surface area contributed by atoms with Gasteiger partial charge >= 0.3 is 0 Å². The van der Waals surface area contributed by atoms with Crippen LogP contribution in [0.1, 0.15) is 42.8 Å². The molecule has 0 amide bonds. The lowest BCUT2D eigenvalue weighted by atomic mass is 9.90. The summed E-state index contributed by atoms with van der Waals surface area (Å²) in [5.74, 6) is 0.786. The Bertz CT molecular complexity index is 321. The van der Waals surface area contributed by atoms with E-state index >= 15 is 0 Å². The van der Waals surface area contributed by atoms with E-state index < -0.39 is 0 Å². The molecule has 1 saturated carbocycles. The number of nitrogens with zero attached hydrogens (tertiary/aromatic N) is 1. The summed E-state index contributed by atoms with van der Waals surface area (Å²) in [5, 5.41) is 6.92. The highest BCUT2D eigenvalue weighted by molar-refractivity contribution is 7.09. The molecule has 0 aliphatic heterocycles. The van der Waals surface area contributed by atoms with Crippen LogP contribution in [-0.4, -0.2) is 18.1 Å². The van der Waals surface area contributed by atoms with Crippen molar-refractivity contribution in [3.8, 4) is 0 Å². The first-order valence-electron chi connectivity index (χ1n) is 6.38. The normalized spacial score (nSPS) is 26.6. The van der Waals surface area contributed by atoms with E-state index in [4.69, 9.17) is 0 Å². The zero-order valence-corrected chi connectivity index (χ0v) is 11.1. The predicted molar refractivity (Wildman–Crippen MR) is 70.0 cm³/mol. The van der Waals surface area contributed by atoms with Gasteiger partial charge in [0.1, 0.15) is 0 Å². The smallest absolute Gasteiger partial charge is 0.0897 e. The summed E-state index contributed by atoms with van der Waals surface area (Å²) >= 11 is 1.78. The first-order valence-corrected chi connectivity index (χ1v) is 7.26. The van der Waals surface area contributed by atoms with Crippen molar-refractivity contribution in [2.75, 3.05) is 7.05 Å². The molecule has 0 radical (unpaired) electrons. The number of hydrogen-bond acceptors (Lipinski definition) is 3. The Hall–Kier alpha value is -0.410. The van der Waals surface area contributed by atoms with Gasteiger partial charge in [0, 0.05) is 11.4 Å². The van der Waals surface area contributed by atoms with Crippen molar-refractivity contribution in [3.05, 3.63) is 16.1 Å². The van der Waals surface area contributed by atoms with Gasteiger partial charge in [-0.3, -0.25) is 0 Å². The lowest BCUT2D eigenvalue weighted by Gasteiger charge is -2.23. The molecule has 0 bridgehead atoms. The molecule has 0 saturated heterocycles. The second-order valence-corrected chi connectivity index (χ2v) is 5.92. The highest BCUT2D eigenvalue weighted by Crippen LogP contribution is 2.26. The van der Waals surface area contributed by atoms with E-state index in [0.29, 0.717) is 6.04 Å². The molecular formula is C13H22N2S. The molecule has 0 spiro atoms. The average Bonchev–Trinajstić information content (AvgIpc) is 2.56. The zero-order chi connectivity index (χ0) is 11.4. The molecule has 2 unspecified atom stereocenters. The molecule has 90 valence electrons. The fourth-order valence-electron chi connectivity index (χ4n) is 2.78. The van der Waals surface area contributed by atoms with Gasteiger partial charge in [0.05, 0.1) is 10.7 Å². The molecule has 1 aliphatic rings. The van der Waals surface area contributed by atoms with Gasteiger partial charge in [-0.1, -0.05) is 19.3 Å². The Labute approximate surface area is 102 Å². The van der Waals surface area contributed by atoms with Crippen molar-refractivity contribution in [2.24, 2.45) is 5.92 Å². The van der Waals surface area contributed by atoms with E-state index in [0.717, 1.165) is 12.3 Å². The summed E-state index contributed by atoms with van der Waals surface area (Å²) < 4.78 is 0. The quantitative estimate of drug-likeness (QED) is 0.818. The van der Waals surface area contributed by atoms with Gasteiger partial charge in [0.2, 0.25) is 0 Å². The van der Waals surface area contributed by atoms with Gasteiger partial charge in [-0.05, 0) is 39.2 Å². The molecule has 1 aromatic rings. The summed E-state index contributed by atoms with van der Waals surface area (Å²) in [6.07, 6.45) is 8.05. The molecule has 2 nitrogen and oxygen atoms in total. The summed E-state index contributed by atoms with van der Waals surface area (Å²) in [7, 11) is 2.11. The Morgan fingerprint density at radius 1 is 1.38 bits per heavy atom. The molecule has 0 aromatic carbocycles. The monoisotopic (exact) mass is 238 g/mol.